The van der Waals surface area contributed by atoms with E-state index in [1.165, 1.54) is 23.5 Å². The summed E-state index contributed by atoms with van der Waals surface area (Å²) in [6.07, 6.45) is 8.75. The van der Waals surface area contributed by atoms with Gasteiger partial charge in [0.05, 0.1) is 6.20 Å². The van der Waals surface area contributed by atoms with Crippen molar-refractivity contribution in [3.63, 3.8) is 0 Å². The van der Waals surface area contributed by atoms with Crippen molar-refractivity contribution in [2.24, 2.45) is 7.05 Å². The van der Waals surface area contributed by atoms with Crippen molar-refractivity contribution in [3.05, 3.63) is 59.1 Å². The zero-order valence-electron chi connectivity index (χ0n) is 15.8. The predicted octanol–water partition coefficient (Wildman–Crippen LogP) is 4.31. The summed E-state index contributed by atoms with van der Waals surface area (Å²) in [6.45, 7) is 0.620. The highest BCUT2D eigenvalue weighted by Crippen LogP contribution is 2.28. The largest absolute Gasteiger partial charge is 0.334 e. The summed E-state index contributed by atoms with van der Waals surface area (Å²) >= 11 is 1.47. The van der Waals surface area contributed by atoms with E-state index in [0.717, 1.165) is 41.8 Å². The van der Waals surface area contributed by atoms with E-state index < -0.39 is 0 Å². The smallest absolute Gasteiger partial charge is 0.273 e. The van der Waals surface area contributed by atoms with Crippen LogP contribution in [-0.2, 0) is 13.5 Å². The lowest BCUT2D eigenvalue weighted by Gasteiger charge is -2.28. The summed E-state index contributed by atoms with van der Waals surface area (Å²) < 4.78 is 14.9. The van der Waals surface area contributed by atoms with Crippen LogP contribution in [-0.4, -0.2) is 38.2 Å². The Bertz CT molecular complexity index is 943. The summed E-state index contributed by atoms with van der Waals surface area (Å²) in [6, 6.07) is 6.78. The summed E-state index contributed by atoms with van der Waals surface area (Å²) in [5, 5.41) is 6.82. The van der Waals surface area contributed by atoms with Crippen molar-refractivity contribution >= 4 is 17.2 Å². The number of carbonyl (C=O) groups is 1. The van der Waals surface area contributed by atoms with Gasteiger partial charge in [-0.1, -0.05) is 25.0 Å². The molecule has 1 aromatic carbocycles. The Hall–Kier alpha value is -2.54. The minimum Gasteiger partial charge on any atom is -0.334 e. The number of hydrogen-bond donors (Lipinski definition) is 0. The third-order valence-corrected chi connectivity index (χ3v) is 6.15. The number of aryl methyl sites for hydroxylation is 1. The van der Waals surface area contributed by atoms with Crippen LogP contribution in [0.25, 0.3) is 10.6 Å². The van der Waals surface area contributed by atoms with Gasteiger partial charge >= 0.3 is 0 Å². The zero-order chi connectivity index (χ0) is 19.5. The molecule has 0 spiro atoms. The number of nitrogens with zero attached hydrogens (tertiary/aromatic N) is 4. The van der Waals surface area contributed by atoms with Gasteiger partial charge in [-0.15, -0.1) is 11.3 Å². The van der Waals surface area contributed by atoms with Crippen molar-refractivity contribution in [2.45, 2.75) is 38.1 Å². The molecule has 0 radical (unpaired) electrons. The summed E-state index contributed by atoms with van der Waals surface area (Å²) in [5.41, 5.74) is 2.45. The van der Waals surface area contributed by atoms with Crippen molar-refractivity contribution in [1.29, 1.82) is 0 Å². The molecule has 1 aliphatic carbocycles. The first-order valence-corrected chi connectivity index (χ1v) is 10.5. The Morgan fingerprint density at radius 3 is 2.71 bits per heavy atom. The van der Waals surface area contributed by atoms with Gasteiger partial charge in [0.1, 0.15) is 16.5 Å². The minimum absolute atomic E-state index is 0.0135. The fraction of sp³-hybridized carbons (Fsp3) is 0.381. The van der Waals surface area contributed by atoms with Crippen LogP contribution in [0.5, 0.6) is 0 Å². The summed E-state index contributed by atoms with van der Waals surface area (Å²) in [5.74, 6) is -0.252. The lowest BCUT2D eigenvalue weighted by atomic mass is 10.1. The van der Waals surface area contributed by atoms with Crippen LogP contribution in [0, 0.1) is 5.82 Å². The number of halogens is 1. The SMILES string of the molecule is Cn1cc(-c2nc(C(=O)N(CCc3ccc(F)cc3)C3CCCC3)cs2)cn1. The number of amides is 1. The molecule has 1 fully saturated rings. The maximum atomic E-state index is 13.2. The Morgan fingerprint density at radius 1 is 1.29 bits per heavy atom. The van der Waals surface area contributed by atoms with E-state index in [9.17, 15) is 9.18 Å². The highest BCUT2D eigenvalue weighted by molar-refractivity contribution is 7.13. The average molecular weight is 399 g/mol. The zero-order valence-corrected chi connectivity index (χ0v) is 16.7. The van der Waals surface area contributed by atoms with Crippen LogP contribution in [0.3, 0.4) is 0 Å². The monoisotopic (exact) mass is 398 g/mol. The highest BCUT2D eigenvalue weighted by atomic mass is 32.1. The predicted molar refractivity (Wildman–Crippen MR) is 108 cm³/mol. The van der Waals surface area contributed by atoms with Crippen molar-refractivity contribution in [1.82, 2.24) is 19.7 Å². The molecule has 0 saturated heterocycles. The molecule has 146 valence electrons. The van der Waals surface area contributed by atoms with Crippen molar-refractivity contribution < 1.29 is 9.18 Å². The molecule has 28 heavy (non-hydrogen) atoms. The Labute approximate surface area is 167 Å². The van der Waals surface area contributed by atoms with E-state index in [1.54, 1.807) is 23.0 Å². The number of aromatic nitrogens is 3. The van der Waals surface area contributed by atoms with Gasteiger partial charge in [-0.2, -0.15) is 5.10 Å². The van der Waals surface area contributed by atoms with Crippen LogP contribution >= 0.6 is 11.3 Å². The van der Waals surface area contributed by atoms with E-state index in [1.807, 2.05) is 23.5 Å². The molecule has 2 aromatic heterocycles. The number of rotatable bonds is 6. The second kappa shape index (κ2) is 8.22. The van der Waals surface area contributed by atoms with Crippen LogP contribution in [0.15, 0.2) is 42.0 Å². The number of benzene rings is 1. The molecule has 1 amide bonds. The molecule has 1 aliphatic rings. The topological polar surface area (TPSA) is 51.0 Å². The van der Waals surface area contributed by atoms with E-state index in [-0.39, 0.29) is 17.8 Å². The first-order chi connectivity index (χ1) is 13.6. The second-order valence-corrected chi connectivity index (χ2v) is 8.11. The lowest BCUT2D eigenvalue weighted by Crippen LogP contribution is -2.40. The van der Waals surface area contributed by atoms with Gasteiger partial charge < -0.3 is 4.90 Å². The molecule has 0 atom stereocenters. The fourth-order valence-electron chi connectivity index (χ4n) is 3.75. The van der Waals surface area contributed by atoms with E-state index >= 15 is 0 Å². The van der Waals surface area contributed by atoms with Gasteiger partial charge in [0.2, 0.25) is 0 Å². The number of thiazole rings is 1. The molecule has 0 unspecified atom stereocenters. The number of carbonyl (C=O) groups excluding carboxylic acids is 1. The third kappa shape index (κ3) is 4.14. The fourth-order valence-corrected chi connectivity index (χ4v) is 4.52. The molecule has 5 nitrogen and oxygen atoms in total. The Kier molecular flexibility index (Phi) is 5.52. The molecular weight excluding hydrogens is 375 g/mol. The van der Waals surface area contributed by atoms with E-state index in [2.05, 4.69) is 10.1 Å². The van der Waals surface area contributed by atoms with Gasteiger partial charge in [-0.25, -0.2) is 9.37 Å². The number of hydrogen-bond acceptors (Lipinski definition) is 4. The summed E-state index contributed by atoms with van der Waals surface area (Å²) in [7, 11) is 1.86. The average Bonchev–Trinajstić information content (AvgIpc) is 3.44. The standard InChI is InChI=1S/C21H23FN4OS/c1-25-13-16(12-23-25)20-24-19(14-28-20)21(27)26(18-4-2-3-5-18)11-10-15-6-8-17(22)9-7-15/h6-9,12-14,18H,2-5,10-11H2,1H3. The van der Waals surface area contributed by atoms with Crippen LogP contribution in [0.1, 0.15) is 41.7 Å². The van der Waals surface area contributed by atoms with Gasteiger partial charge in [0.25, 0.3) is 5.91 Å². The van der Waals surface area contributed by atoms with Gasteiger partial charge in [0, 0.05) is 36.8 Å². The van der Waals surface area contributed by atoms with Crippen molar-refractivity contribution in [2.75, 3.05) is 6.54 Å². The molecule has 0 bridgehead atoms. The molecule has 1 saturated carbocycles. The van der Waals surface area contributed by atoms with Gasteiger partial charge in [-0.3, -0.25) is 9.48 Å². The summed E-state index contributed by atoms with van der Waals surface area (Å²) in [4.78, 5) is 19.8. The van der Waals surface area contributed by atoms with Gasteiger partial charge in [0.15, 0.2) is 0 Å². The molecule has 0 N–H and O–H groups in total. The Morgan fingerprint density at radius 2 is 2.04 bits per heavy atom. The van der Waals surface area contributed by atoms with Crippen molar-refractivity contribution in [3.8, 4) is 10.6 Å². The third-order valence-electron chi connectivity index (χ3n) is 5.26. The van der Waals surface area contributed by atoms with E-state index in [4.69, 9.17) is 0 Å². The van der Waals surface area contributed by atoms with Crippen LogP contribution in [0.4, 0.5) is 4.39 Å². The molecular formula is C21H23FN4OS. The maximum Gasteiger partial charge on any atom is 0.273 e. The first-order valence-electron chi connectivity index (χ1n) is 9.60. The minimum atomic E-state index is -0.238. The van der Waals surface area contributed by atoms with Crippen LogP contribution in [0.2, 0.25) is 0 Å². The normalized spacial score (nSPS) is 14.5. The quantitative estimate of drug-likeness (QED) is 0.622. The highest BCUT2D eigenvalue weighted by Gasteiger charge is 2.28. The first kappa shape index (κ1) is 18.8. The molecule has 4 rings (SSSR count). The van der Waals surface area contributed by atoms with Crippen LogP contribution < -0.4 is 0 Å². The van der Waals surface area contributed by atoms with Gasteiger partial charge in [-0.05, 0) is 37.0 Å². The molecule has 2 heterocycles. The maximum absolute atomic E-state index is 13.2. The molecule has 7 heteroatoms. The second-order valence-electron chi connectivity index (χ2n) is 7.25. The Balaban J connectivity index is 1.51. The van der Waals surface area contributed by atoms with E-state index in [0.29, 0.717) is 18.7 Å². The molecule has 3 aromatic rings. The lowest BCUT2D eigenvalue weighted by molar-refractivity contribution is 0.0679. The molecule has 0 aliphatic heterocycles.